The molecule has 1 N–H and O–H groups in total. The zero-order chi connectivity index (χ0) is 25.0. The number of fused-ring (bicyclic) bond motifs is 2. The maximum Gasteiger partial charge on any atom is 0.300 e. The van der Waals surface area contributed by atoms with Crippen LogP contribution in [0.5, 0.6) is 17.2 Å². The molecule has 182 valence electrons. The second-order valence-corrected chi connectivity index (χ2v) is 9.11. The third-order valence-corrected chi connectivity index (χ3v) is 6.77. The molecule has 1 fully saturated rings. The number of ether oxygens (including phenoxy) is 3. The first-order valence-electron chi connectivity index (χ1n) is 11.7. The highest BCUT2D eigenvalue weighted by Crippen LogP contribution is 2.45. The molecule has 36 heavy (non-hydrogen) atoms. The Labute approximate surface area is 207 Å². The SMILES string of the molecule is CN(C)c1ccc(C2/C(=C(\O)c3ccc4c(c3)CCO4)C(=O)C(=O)N2c2ccc3c(c2)OCO3)cc1. The average molecular weight is 485 g/mol. The number of carbonyl (C=O) groups excluding carboxylic acids is 2. The van der Waals surface area contributed by atoms with Gasteiger partial charge >= 0.3 is 0 Å². The molecule has 0 saturated carbocycles. The summed E-state index contributed by atoms with van der Waals surface area (Å²) in [5.41, 5.74) is 3.60. The van der Waals surface area contributed by atoms with Gasteiger partial charge in [0.1, 0.15) is 11.5 Å². The molecule has 6 rings (SSSR count). The summed E-state index contributed by atoms with van der Waals surface area (Å²) in [5.74, 6) is 0.152. The molecule has 3 aromatic rings. The minimum atomic E-state index is -0.828. The van der Waals surface area contributed by atoms with E-state index in [-0.39, 0.29) is 18.1 Å². The molecule has 1 saturated heterocycles. The van der Waals surface area contributed by atoms with Crippen LogP contribution in [-0.4, -0.2) is 44.3 Å². The topological polar surface area (TPSA) is 88.5 Å². The first kappa shape index (κ1) is 22.0. The number of hydrogen-bond acceptors (Lipinski definition) is 7. The quantitative estimate of drug-likeness (QED) is 0.340. The Kier molecular flexibility index (Phi) is 5.10. The monoisotopic (exact) mass is 484 g/mol. The number of rotatable bonds is 4. The number of aliphatic hydroxyl groups excluding tert-OH is 1. The normalized spacial score (nSPS) is 19.4. The largest absolute Gasteiger partial charge is 0.507 e. The van der Waals surface area contributed by atoms with Crippen molar-refractivity contribution in [3.05, 3.63) is 82.9 Å². The number of benzene rings is 3. The van der Waals surface area contributed by atoms with Crippen molar-refractivity contribution in [1.29, 1.82) is 0 Å². The number of ketones is 1. The van der Waals surface area contributed by atoms with Gasteiger partial charge in [-0.1, -0.05) is 12.1 Å². The molecule has 1 unspecified atom stereocenters. The number of amides is 1. The Morgan fingerprint density at radius 3 is 2.44 bits per heavy atom. The smallest absolute Gasteiger partial charge is 0.300 e. The molecule has 8 nitrogen and oxygen atoms in total. The number of nitrogens with zero attached hydrogens (tertiary/aromatic N) is 2. The van der Waals surface area contributed by atoms with E-state index >= 15 is 0 Å². The third kappa shape index (κ3) is 3.45. The summed E-state index contributed by atoms with van der Waals surface area (Å²) in [7, 11) is 3.87. The van der Waals surface area contributed by atoms with Crippen LogP contribution >= 0.6 is 0 Å². The molecule has 3 heterocycles. The van der Waals surface area contributed by atoms with Crippen LogP contribution in [0.15, 0.2) is 66.2 Å². The standard InChI is InChI=1S/C28H24N2O6/c1-29(2)19-6-3-16(4-7-19)25-24(26(31)18-5-9-21-17(13-18)11-12-34-21)27(32)28(33)30(25)20-8-10-22-23(14-20)36-15-35-22/h3-10,13-14,25,31H,11-12,15H2,1-2H3/b26-24+. The highest BCUT2D eigenvalue weighted by atomic mass is 16.7. The van der Waals surface area contributed by atoms with Crippen LogP contribution in [0.1, 0.15) is 22.7 Å². The van der Waals surface area contributed by atoms with E-state index in [9.17, 15) is 14.7 Å². The van der Waals surface area contributed by atoms with Crippen LogP contribution in [0.4, 0.5) is 11.4 Å². The number of anilines is 2. The second-order valence-electron chi connectivity index (χ2n) is 9.11. The summed E-state index contributed by atoms with van der Waals surface area (Å²) in [4.78, 5) is 30.2. The van der Waals surface area contributed by atoms with Crippen LogP contribution in [0.25, 0.3) is 5.76 Å². The molecular formula is C28H24N2O6. The van der Waals surface area contributed by atoms with Crippen LogP contribution in [0, 0.1) is 0 Å². The zero-order valence-electron chi connectivity index (χ0n) is 19.9. The molecule has 0 spiro atoms. The average Bonchev–Trinajstić information content (AvgIpc) is 3.61. The van der Waals surface area contributed by atoms with Gasteiger partial charge in [0, 0.05) is 43.5 Å². The van der Waals surface area contributed by atoms with E-state index in [0.29, 0.717) is 34.9 Å². The zero-order valence-corrected chi connectivity index (χ0v) is 19.9. The van der Waals surface area contributed by atoms with Gasteiger partial charge in [-0.15, -0.1) is 0 Å². The Bertz CT molecular complexity index is 1430. The fourth-order valence-corrected chi connectivity index (χ4v) is 4.89. The summed E-state index contributed by atoms with van der Waals surface area (Å²) in [6.07, 6.45) is 0.720. The van der Waals surface area contributed by atoms with Crippen molar-refractivity contribution in [2.75, 3.05) is 37.3 Å². The van der Waals surface area contributed by atoms with Crippen molar-refractivity contribution in [2.45, 2.75) is 12.5 Å². The summed E-state index contributed by atoms with van der Waals surface area (Å²) in [5, 5.41) is 11.4. The summed E-state index contributed by atoms with van der Waals surface area (Å²) >= 11 is 0. The first-order valence-corrected chi connectivity index (χ1v) is 11.7. The van der Waals surface area contributed by atoms with Crippen molar-refractivity contribution in [3.8, 4) is 17.2 Å². The Balaban J connectivity index is 1.52. The van der Waals surface area contributed by atoms with Crippen LogP contribution in [-0.2, 0) is 16.0 Å². The van der Waals surface area contributed by atoms with Gasteiger partial charge in [0.25, 0.3) is 11.7 Å². The highest BCUT2D eigenvalue weighted by Gasteiger charge is 2.47. The molecular weight excluding hydrogens is 460 g/mol. The molecule has 3 aliphatic rings. The van der Waals surface area contributed by atoms with Gasteiger partial charge in [0.15, 0.2) is 11.5 Å². The van der Waals surface area contributed by atoms with Crippen LogP contribution in [0.3, 0.4) is 0 Å². The van der Waals surface area contributed by atoms with E-state index in [2.05, 4.69) is 0 Å². The molecule has 1 atom stereocenters. The van der Waals surface area contributed by atoms with Gasteiger partial charge in [-0.2, -0.15) is 0 Å². The van der Waals surface area contributed by atoms with Gasteiger partial charge < -0.3 is 24.2 Å². The lowest BCUT2D eigenvalue weighted by Crippen LogP contribution is -2.29. The van der Waals surface area contributed by atoms with Gasteiger partial charge in [-0.05, 0) is 53.6 Å². The lowest BCUT2D eigenvalue weighted by atomic mass is 9.94. The minimum absolute atomic E-state index is 0.0362. The predicted molar refractivity (Wildman–Crippen MR) is 134 cm³/mol. The number of hydrogen-bond donors (Lipinski definition) is 1. The van der Waals surface area contributed by atoms with Gasteiger partial charge in [-0.3, -0.25) is 14.5 Å². The molecule has 0 bridgehead atoms. The van der Waals surface area contributed by atoms with Crippen molar-refractivity contribution in [2.24, 2.45) is 0 Å². The molecule has 3 aromatic carbocycles. The van der Waals surface area contributed by atoms with Crippen molar-refractivity contribution in [3.63, 3.8) is 0 Å². The van der Waals surface area contributed by atoms with Crippen LogP contribution < -0.4 is 24.0 Å². The first-order chi connectivity index (χ1) is 17.4. The van der Waals surface area contributed by atoms with Crippen molar-refractivity contribution < 1.29 is 28.9 Å². The Morgan fingerprint density at radius 2 is 1.67 bits per heavy atom. The van der Waals surface area contributed by atoms with Gasteiger partial charge in [0.2, 0.25) is 6.79 Å². The molecule has 1 amide bonds. The fraction of sp³-hybridized carbons (Fsp3) is 0.214. The fourth-order valence-electron chi connectivity index (χ4n) is 4.89. The second kappa shape index (κ2) is 8.34. The Hall–Kier alpha value is -4.46. The van der Waals surface area contributed by atoms with Gasteiger partial charge in [0.05, 0.1) is 18.2 Å². The van der Waals surface area contributed by atoms with E-state index < -0.39 is 17.7 Å². The third-order valence-electron chi connectivity index (χ3n) is 6.77. The molecule has 8 heteroatoms. The van der Waals surface area contributed by atoms with E-state index in [1.807, 2.05) is 49.3 Å². The van der Waals surface area contributed by atoms with Crippen molar-refractivity contribution in [1.82, 2.24) is 0 Å². The molecule has 0 radical (unpaired) electrons. The van der Waals surface area contributed by atoms with E-state index in [0.717, 1.165) is 23.4 Å². The summed E-state index contributed by atoms with van der Waals surface area (Å²) in [6, 6.07) is 17.2. The van der Waals surface area contributed by atoms with E-state index in [4.69, 9.17) is 14.2 Å². The Morgan fingerprint density at radius 1 is 0.917 bits per heavy atom. The molecule has 0 aromatic heterocycles. The number of carbonyl (C=O) groups is 2. The van der Waals surface area contributed by atoms with Crippen molar-refractivity contribution >= 4 is 28.8 Å². The maximum atomic E-state index is 13.4. The lowest BCUT2D eigenvalue weighted by molar-refractivity contribution is -0.132. The lowest BCUT2D eigenvalue weighted by Gasteiger charge is -2.26. The van der Waals surface area contributed by atoms with E-state index in [1.54, 1.807) is 30.3 Å². The number of Topliss-reactive ketones (excluding diaryl/α,β-unsaturated/α-hetero) is 1. The molecule has 3 aliphatic heterocycles. The highest BCUT2D eigenvalue weighted by molar-refractivity contribution is 6.51. The van der Waals surface area contributed by atoms with Gasteiger partial charge in [-0.25, -0.2) is 0 Å². The minimum Gasteiger partial charge on any atom is -0.507 e. The van der Waals surface area contributed by atoms with E-state index in [1.165, 1.54) is 4.90 Å². The maximum absolute atomic E-state index is 13.4. The summed E-state index contributed by atoms with van der Waals surface area (Å²) < 4.78 is 16.5. The summed E-state index contributed by atoms with van der Waals surface area (Å²) in [6.45, 7) is 0.668. The predicted octanol–water partition coefficient (Wildman–Crippen LogP) is 4.04. The number of aliphatic hydroxyl groups is 1. The molecule has 0 aliphatic carbocycles. The van der Waals surface area contributed by atoms with Crippen LogP contribution in [0.2, 0.25) is 0 Å².